The van der Waals surface area contributed by atoms with Gasteiger partial charge in [-0.1, -0.05) is 18.9 Å². The second-order valence-electron chi connectivity index (χ2n) is 6.99. The van der Waals surface area contributed by atoms with Crippen molar-refractivity contribution >= 4 is 21.8 Å². The van der Waals surface area contributed by atoms with Crippen LogP contribution in [0.5, 0.6) is 0 Å². The van der Waals surface area contributed by atoms with Crippen LogP contribution in [0.4, 0.5) is 0 Å². The van der Waals surface area contributed by atoms with E-state index in [1.165, 1.54) is 6.07 Å². The summed E-state index contributed by atoms with van der Waals surface area (Å²) in [5.41, 5.74) is 1.81. The van der Waals surface area contributed by atoms with Gasteiger partial charge in [-0.25, -0.2) is 12.7 Å². The van der Waals surface area contributed by atoms with Crippen molar-refractivity contribution in [2.75, 3.05) is 0 Å². The van der Waals surface area contributed by atoms with Crippen molar-refractivity contribution in [3.8, 4) is 0 Å². The Labute approximate surface area is 148 Å². The molecule has 1 saturated carbocycles. The van der Waals surface area contributed by atoms with Gasteiger partial charge in [-0.15, -0.1) is 0 Å². The summed E-state index contributed by atoms with van der Waals surface area (Å²) in [6, 6.07) is 3.92. The normalized spacial score (nSPS) is 21.8. The maximum absolute atomic E-state index is 13.0. The number of sulfonamides is 1. The van der Waals surface area contributed by atoms with Gasteiger partial charge in [0.2, 0.25) is 11.8 Å². The van der Waals surface area contributed by atoms with Gasteiger partial charge in [-0.3, -0.25) is 9.59 Å². The molecular formula is C18H24N2O4S. The molecule has 1 N–H and O–H groups in total. The van der Waals surface area contributed by atoms with Crippen LogP contribution < -0.4 is 5.32 Å². The molecule has 1 aliphatic carbocycles. The highest BCUT2D eigenvalue weighted by molar-refractivity contribution is 7.89. The van der Waals surface area contributed by atoms with Gasteiger partial charge < -0.3 is 5.32 Å². The zero-order chi connectivity index (χ0) is 18.2. The lowest BCUT2D eigenvalue weighted by molar-refractivity contribution is -0.131. The molecular weight excluding hydrogens is 340 g/mol. The van der Waals surface area contributed by atoms with Crippen LogP contribution in [0.1, 0.15) is 49.7 Å². The van der Waals surface area contributed by atoms with Crippen LogP contribution in [-0.2, 0) is 19.6 Å². The van der Waals surface area contributed by atoms with E-state index in [0.29, 0.717) is 0 Å². The molecule has 1 saturated heterocycles. The zero-order valence-electron chi connectivity index (χ0n) is 14.6. The van der Waals surface area contributed by atoms with Gasteiger partial charge in [0.15, 0.2) is 0 Å². The van der Waals surface area contributed by atoms with Gasteiger partial charge in [0, 0.05) is 12.5 Å². The van der Waals surface area contributed by atoms with E-state index >= 15 is 0 Å². The van der Waals surface area contributed by atoms with Crippen molar-refractivity contribution in [2.45, 2.75) is 69.4 Å². The molecule has 6 nitrogen and oxygen atoms in total. The predicted octanol–water partition coefficient (Wildman–Crippen LogP) is 2.04. The Hall–Kier alpha value is -1.89. The first-order valence-corrected chi connectivity index (χ1v) is 10.2. The van der Waals surface area contributed by atoms with E-state index in [9.17, 15) is 18.0 Å². The van der Waals surface area contributed by atoms with Gasteiger partial charge in [0.1, 0.15) is 6.04 Å². The summed E-state index contributed by atoms with van der Waals surface area (Å²) < 4.78 is 26.8. The number of carbonyl (C=O) groups is 2. The summed E-state index contributed by atoms with van der Waals surface area (Å²) in [4.78, 5) is 24.9. The third-order valence-electron chi connectivity index (χ3n) is 5.20. The molecule has 0 bridgehead atoms. The second-order valence-corrected chi connectivity index (χ2v) is 8.80. The SMILES string of the molecule is Cc1ccc(S(=O)(=O)N2C(=O)CCC2C(=O)NC2CCCC2)cc1C. The van der Waals surface area contributed by atoms with E-state index < -0.39 is 22.0 Å². The van der Waals surface area contributed by atoms with Gasteiger partial charge in [-0.2, -0.15) is 0 Å². The van der Waals surface area contributed by atoms with Gasteiger partial charge in [0.25, 0.3) is 10.0 Å². The molecule has 136 valence electrons. The Kier molecular flexibility index (Phi) is 4.86. The standard InChI is InChI=1S/C18H24N2O4S/c1-12-7-8-15(11-13(12)2)25(23,24)20-16(9-10-17(20)21)18(22)19-14-5-3-4-6-14/h7-8,11,14,16H,3-6,9-10H2,1-2H3,(H,19,22). The van der Waals surface area contributed by atoms with E-state index in [0.717, 1.165) is 41.1 Å². The maximum Gasteiger partial charge on any atom is 0.267 e. The molecule has 25 heavy (non-hydrogen) atoms. The monoisotopic (exact) mass is 364 g/mol. The first-order chi connectivity index (χ1) is 11.8. The van der Waals surface area contributed by atoms with Gasteiger partial charge in [-0.05, 0) is 56.4 Å². The molecule has 7 heteroatoms. The number of nitrogens with zero attached hydrogens (tertiary/aromatic N) is 1. The molecule has 2 amide bonds. The first kappa shape index (κ1) is 17.9. The summed E-state index contributed by atoms with van der Waals surface area (Å²) in [5, 5.41) is 2.92. The summed E-state index contributed by atoms with van der Waals surface area (Å²) in [6.45, 7) is 3.72. The van der Waals surface area contributed by atoms with Gasteiger partial charge in [0.05, 0.1) is 4.90 Å². The number of aryl methyl sites for hydroxylation is 2. The Morgan fingerprint density at radius 2 is 1.80 bits per heavy atom. The fourth-order valence-corrected chi connectivity index (χ4v) is 5.24. The number of hydrogen-bond donors (Lipinski definition) is 1. The van der Waals surface area contributed by atoms with Crippen molar-refractivity contribution in [3.05, 3.63) is 29.3 Å². The summed E-state index contributed by atoms with van der Waals surface area (Å²) >= 11 is 0. The van der Waals surface area contributed by atoms with Gasteiger partial charge >= 0.3 is 0 Å². The van der Waals surface area contributed by atoms with E-state index in [1.54, 1.807) is 12.1 Å². The van der Waals surface area contributed by atoms with Crippen molar-refractivity contribution in [1.29, 1.82) is 0 Å². The molecule has 1 unspecified atom stereocenters. The third kappa shape index (κ3) is 3.42. The fourth-order valence-electron chi connectivity index (χ4n) is 3.56. The minimum Gasteiger partial charge on any atom is -0.352 e. The van der Waals surface area contributed by atoms with Crippen LogP contribution in [-0.4, -0.2) is 36.6 Å². The predicted molar refractivity (Wildman–Crippen MR) is 93.4 cm³/mol. The maximum atomic E-state index is 13.0. The minimum atomic E-state index is -4.03. The lowest BCUT2D eigenvalue weighted by Gasteiger charge is -2.25. The van der Waals surface area contributed by atoms with Crippen LogP contribution in [0, 0.1) is 13.8 Å². The molecule has 1 atom stereocenters. The number of benzene rings is 1. The lowest BCUT2D eigenvalue weighted by Crippen LogP contribution is -2.49. The molecule has 2 fully saturated rings. The number of carbonyl (C=O) groups excluding carboxylic acids is 2. The highest BCUT2D eigenvalue weighted by Gasteiger charge is 2.44. The van der Waals surface area contributed by atoms with E-state index in [2.05, 4.69) is 5.32 Å². The molecule has 0 aromatic heterocycles. The van der Waals surface area contributed by atoms with E-state index in [1.807, 2.05) is 13.8 Å². The Bertz CT molecular complexity index is 797. The summed E-state index contributed by atoms with van der Waals surface area (Å²) in [7, 11) is -4.03. The molecule has 1 heterocycles. The average Bonchev–Trinajstić information content (AvgIpc) is 3.19. The molecule has 3 rings (SSSR count). The van der Waals surface area contributed by atoms with Crippen LogP contribution in [0.3, 0.4) is 0 Å². The van der Waals surface area contributed by atoms with Crippen molar-refractivity contribution in [3.63, 3.8) is 0 Å². The smallest absolute Gasteiger partial charge is 0.267 e. The van der Waals surface area contributed by atoms with E-state index in [4.69, 9.17) is 0 Å². The Balaban J connectivity index is 1.87. The molecule has 0 radical (unpaired) electrons. The number of amides is 2. The van der Waals surface area contributed by atoms with Crippen molar-refractivity contribution < 1.29 is 18.0 Å². The molecule has 1 aliphatic heterocycles. The van der Waals surface area contributed by atoms with Crippen LogP contribution >= 0.6 is 0 Å². The molecule has 1 aromatic rings. The lowest BCUT2D eigenvalue weighted by atomic mass is 10.1. The van der Waals surface area contributed by atoms with Crippen LogP contribution in [0.2, 0.25) is 0 Å². The number of nitrogens with one attached hydrogen (secondary N) is 1. The summed E-state index contributed by atoms with van der Waals surface area (Å²) in [5.74, 6) is -0.866. The third-order valence-corrected chi connectivity index (χ3v) is 7.03. The highest BCUT2D eigenvalue weighted by Crippen LogP contribution is 2.29. The second kappa shape index (κ2) is 6.78. The quantitative estimate of drug-likeness (QED) is 0.886. The highest BCUT2D eigenvalue weighted by atomic mass is 32.2. The summed E-state index contributed by atoms with van der Waals surface area (Å²) in [6.07, 6.45) is 4.28. The topological polar surface area (TPSA) is 83.6 Å². The zero-order valence-corrected chi connectivity index (χ0v) is 15.4. The largest absolute Gasteiger partial charge is 0.352 e. The molecule has 0 spiro atoms. The molecule has 1 aromatic carbocycles. The molecule has 2 aliphatic rings. The number of hydrogen-bond acceptors (Lipinski definition) is 4. The van der Waals surface area contributed by atoms with Crippen LogP contribution in [0.25, 0.3) is 0 Å². The van der Waals surface area contributed by atoms with Crippen molar-refractivity contribution in [2.24, 2.45) is 0 Å². The minimum absolute atomic E-state index is 0.0597. The van der Waals surface area contributed by atoms with E-state index in [-0.39, 0.29) is 29.7 Å². The van der Waals surface area contributed by atoms with Crippen LogP contribution in [0.15, 0.2) is 23.1 Å². The average molecular weight is 364 g/mol. The fraction of sp³-hybridized carbons (Fsp3) is 0.556. The first-order valence-electron chi connectivity index (χ1n) is 8.75. The number of rotatable bonds is 4. The van der Waals surface area contributed by atoms with Crippen molar-refractivity contribution in [1.82, 2.24) is 9.62 Å². The Morgan fingerprint density at radius 1 is 1.12 bits per heavy atom. The Morgan fingerprint density at radius 3 is 2.44 bits per heavy atom.